The molecule has 6 nitrogen and oxygen atoms in total. The fraction of sp³-hybridized carbons (Fsp3) is 0.857. The van der Waals surface area contributed by atoms with E-state index in [1.54, 1.807) is 0 Å². The summed E-state index contributed by atoms with van der Waals surface area (Å²) >= 11 is 1.45. The number of carbonyl (C=O) groups is 2. The molecule has 2 bridgehead atoms. The minimum absolute atomic E-state index is 0.0194. The van der Waals surface area contributed by atoms with Crippen LogP contribution in [0.25, 0.3) is 0 Å². The predicted octanol–water partition coefficient (Wildman–Crippen LogP) is 3.87. The minimum atomic E-state index is -0.663. The van der Waals surface area contributed by atoms with Gasteiger partial charge in [-0.2, -0.15) is 0 Å². The van der Waals surface area contributed by atoms with E-state index in [0.717, 1.165) is 32.1 Å². The molecule has 4 aliphatic rings. The van der Waals surface area contributed by atoms with Gasteiger partial charge >= 0.3 is 5.97 Å². The second-order valence-electron chi connectivity index (χ2n) is 12.6. The van der Waals surface area contributed by atoms with Crippen LogP contribution in [0.4, 0.5) is 0 Å². The smallest absolute Gasteiger partial charge is 0.316 e. The average Bonchev–Trinajstić information content (AvgIpc) is 3.17. The van der Waals surface area contributed by atoms with Crippen LogP contribution in [0.15, 0.2) is 12.7 Å². The fourth-order valence-electron chi connectivity index (χ4n) is 8.21. The van der Waals surface area contributed by atoms with Crippen molar-refractivity contribution in [3.8, 4) is 0 Å². The molecule has 0 spiro atoms. The van der Waals surface area contributed by atoms with Crippen molar-refractivity contribution in [3.05, 3.63) is 12.7 Å². The van der Waals surface area contributed by atoms with Crippen molar-refractivity contribution in [1.29, 1.82) is 0 Å². The molecule has 0 heterocycles. The number of hydrogen-bond acceptors (Lipinski definition) is 7. The molecule has 0 aromatic rings. The molecule has 4 saturated carbocycles. The Bertz CT molecular complexity index is 851. The molecule has 0 amide bonds. The van der Waals surface area contributed by atoms with Gasteiger partial charge in [-0.3, -0.25) is 9.59 Å². The molecule has 4 fully saturated rings. The van der Waals surface area contributed by atoms with Crippen LogP contribution in [0, 0.1) is 34.0 Å². The molecule has 7 heteroatoms. The third-order valence-electron chi connectivity index (χ3n) is 10.8. The minimum Gasteiger partial charge on any atom is -0.461 e. The normalized spacial score (nSPS) is 50.1. The molecule has 4 N–H and O–H groups in total. The number of aliphatic hydroxyl groups excluding tert-OH is 2. The highest BCUT2D eigenvalue weighted by Crippen LogP contribution is 2.68. The Morgan fingerprint density at radius 1 is 1.23 bits per heavy atom. The Labute approximate surface area is 214 Å². The van der Waals surface area contributed by atoms with E-state index in [1.807, 2.05) is 13.0 Å². The van der Waals surface area contributed by atoms with Gasteiger partial charge in [0.1, 0.15) is 11.9 Å². The molecule has 0 radical (unpaired) electrons. The number of rotatable bonds is 5. The highest BCUT2D eigenvalue weighted by molar-refractivity contribution is 8.00. The summed E-state index contributed by atoms with van der Waals surface area (Å²) in [6, 6.07) is 0.0195. The summed E-state index contributed by atoms with van der Waals surface area (Å²) in [6.07, 6.45) is 6.01. The lowest BCUT2D eigenvalue weighted by molar-refractivity contribution is -0.205. The third kappa shape index (κ3) is 4.42. The standard InChI is InChI=1S/C28H45NO5S/c1-6-26(4)14-22(34-23(32)15-35-21-8-7-18(29)13-20(21)31)27(5)16(2)9-11-28(17(3)25(26)33)12-10-19(30)24(27)28/h6,16-18,20-22,24-25,31,33H,1,7-15,29H2,2-5H3/t16?,17?,18?,20?,21?,22?,24?,25?,26-,27+,28+/m1/s1. The molecule has 4 rings (SSSR count). The first kappa shape index (κ1) is 27.2. The van der Waals surface area contributed by atoms with Gasteiger partial charge in [-0.05, 0) is 62.2 Å². The average molecular weight is 508 g/mol. The van der Waals surface area contributed by atoms with Crippen molar-refractivity contribution in [1.82, 2.24) is 0 Å². The second-order valence-corrected chi connectivity index (χ2v) is 13.8. The molecule has 0 aromatic carbocycles. The van der Waals surface area contributed by atoms with Gasteiger partial charge in [0.25, 0.3) is 0 Å². The summed E-state index contributed by atoms with van der Waals surface area (Å²) < 4.78 is 6.29. The summed E-state index contributed by atoms with van der Waals surface area (Å²) in [7, 11) is 0. The number of aliphatic hydroxyl groups is 2. The van der Waals surface area contributed by atoms with E-state index in [9.17, 15) is 19.8 Å². The van der Waals surface area contributed by atoms with Crippen molar-refractivity contribution < 1.29 is 24.5 Å². The maximum atomic E-state index is 13.5. The van der Waals surface area contributed by atoms with Crippen LogP contribution in [-0.4, -0.2) is 57.3 Å². The van der Waals surface area contributed by atoms with Gasteiger partial charge in [-0.15, -0.1) is 18.3 Å². The molecule has 4 aliphatic carbocycles. The molecular weight excluding hydrogens is 462 g/mol. The lowest BCUT2D eigenvalue weighted by atomic mass is 9.44. The zero-order valence-electron chi connectivity index (χ0n) is 21.9. The van der Waals surface area contributed by atoms with Crippen LogP contribution in [-0.2, 0) is 14.3 Å². The van der Waals surface area contributed by atoms with Gasteiger partial charge in [0.15, 0.2) is 0 Å². The summed E-state index contributed by atoms with van der Waals surface area (Å²) in [4.78, 5) is 26.7. The largest absolute Gasteiger partial charge is 0.461 e. The number of ether oxygens (including phenoxy) is 1. The van der Waals surface area contributed by atoms with E-state index >= 15 is 0 Å². The maximum absolute atomic E-state index is 13.5. The number of hydrogen-bond donors (Lipinski definition) is 3. The molecular formula is C28H45NO5S. The van der Waals surface area contributed by atoms with Gasteiger partial charge in [0.05, 0.1) is 18.0 Å². The summed E-state index contributed by atoms with van der Waals surface area (Å²) in [6.45, 7) is 12.5. The summed E-state index contributed by atoms with van der Waals surface area (Å²) in [5.74, 6) is 0.0613. The Kier molecular flexibility index (Phi) is 7.58. The summed E-state index contributed by atoms with van der Waals surface area (Å²) in [5, 5.41) is 22.0. The first-order valence-electron chi connectivity index (χ1n) is 13.5. The first-order valence-corrected chi connectivity index (χ1v) is 14.5. The van der Waals surface area contributed by atoms with Gasteiger partial charge in [0, 0.05) is 34.5 Å². The highest BCUT2D eigenvalue weighted by Gasteiger charge is 2.68. The highest BCUT2D eigenvalue weighted by atomic mass is 32.2. The molecule has 198 valence electrons. The van der Waals surface area contributed by atoms with E-state index in [1.165, 1.54) is 11.8 Å². The van der Waals surface area contributed by atoms with Crippen LogP contribution >= 0.6 is 11.8 Å². The van der Waals surface area contributed by atoms with Crippen molar-refractivity contribution in [2.45, 2.75) is 109 Å². The molecule has 0 aromatic heterocycles. The summed E-state index contributed by atoms with van der Waals surface area (Å²) in [5.41, 5.74) is 4.57. The molecule has 35 heavy (non-hydrogen) atoms. The number of thioether (sulfide) groups is 1. The Morgan fingerprint density at radius 2 is 1.94 bits per heavy atom. The Balaban J connectivity index is 1.62. The van der Waals surface area contributed by atoms with E-state index in [-0.39, 0.29) is 52.0 Å². The quantitative estimate of drug-likeness (QED) is 0.383. The van der Waals surface area contributed by atoms with E-state index in [4.69, 9.17) is 10.5 Å². The van der Waals surface area contributed by atoms with Crippen molar-refractivity contribution >= 4 is 23.5 Å². The van der Waals surface area contributed by atoms with Gasteiger partial charge in [0.2, 0.25) is 0 Å². The van der Waals surface area contributed by atoms with Gasteiger partial charge in [-0.1, -0.05) is 33.8 Å². The van der Waals surface area contributed by atoms with E-state index in [2.05, 4.69) is 27.4 Å². The number of ketones is 1. The van der Waals surface area contributed by atoms with Crippen molar-refractivity contribution in [3.63, 3.8) is 0 Å². The molecule has 8 unspecified atom stereocenters. The number of Topliss-reactive ketones (excluding diaryl/α,β-unsaturated/α-hetero) is 1. The van der Waals surface area contributed by atoms with Gasteiger partial charge < -0.3 is 20.7 Å². The molecule has 0 aliphatic heterocycles. The van der Waals surface area contributed by atoms with Crippen LogP contribution in [0.1, 0.15) is 79.1 Å². The number of esters is 1. The van der Waals surface area contributed by atoms with Crippen LogP contribution in [0.2, 0.25) is 0 Å². The Morgan fingerprint density at radius 3 is 2.60 bits per heavy atom. The number of carbonyl (C=O) groups excluding carboxylic acids is 2. The zero-order chi connectivity index (χ0) is 25.8. The predicted molar refractivity (Wildman–Crippen MR) is 139 cm³/mol. The fourth-order valence-corrected chi connectivity index (χ4v) is 9.27. The van der Waals surface area contributed by atoms with Crippen molar-refractivity contribution in [2.75, 3.05) is 5.75 Å². The zero-order valence-corrected chi connectivity index (χ0v) is 22.7. The van der Waals surface area contributed by atoms with E-state index < -0.39 is 29.1 Å². The topological polar surface area (TPSA) is 110 Å². The van der Waals surface area contributed by atoms with Gasteiger partial charge in [-0.25, -0.2) is 0 Å². The second kappa shape index (κ2) is 9.77. The maximum Gasteiger partial charge on any atom is 0.316 e. The van der Waals surface area contributed by atoms with E-state index in [0.29, 0.717) is 19.3 Å². The lowest BCUT2D eigenvalue weighted by Crippen LogP contribution is -2.63. The van der Waals surface area contributed by atoms with Crippen LogP contribution in [0.3, 0.4) is 0 Å². The van der Waals surface area contributed by atoms with Crippen LogP contribution in [0.5, 0.6) is 0 Å². The Hall–Kier alpha value is -0.890. The third-order valence-corrected chi connectivity index (χ3v) is 12.2. The monoisotopic (exact) mass is 507 g/mol. The molecule has 11 atom stereocenters. The van der Waals surface area contributed by atoms with Crippen molar-refractivity contribution in [2.24, 2.45) is 39.7 Å². The number of nitrogens with two attached hydrogens (primary N) is 1. The lowest BCUT2D eigenvalue weighted by Gasteiger charge is -2.61. The SMILES string of the molecule is C=C[C@]1(C)CC(OC(=O)CSC2CCC(N)CC2O)[C@]2(C)C(C)CC[C@]3(CCC(=O)C32)C(C)C1O. The van der Waals surface area contributed by atoms with Crippen LogP contribution < -0.4 is 5.73 Å². The molecule has 0 saturated heterocycles. The first-order chi connectivity index (χ1) is 16.4.